The minimum Gasteiger partial charge on any atom is -0.379 e. The Morgan fingerprint density at radius 2 is 1.89 bits per heavy atom. The Labute approximate surface area is 163 Å². The fraction of sp³-hybridized carbons (Fsp3) is 0.667. The highest BCUT2D eigenvalue weighted by atomic mass is 16.5. The molecule has 1 atom stereocenters. The molecule has 0 bridgehead atoms. The van der Waals surface area contributed by atoms with Gasteiger partial charge in [0, 0.05) is 50.1 Å². The molecule has 1 aromatic carbocycles. The second-order valence-electron chi connectivity index (χ2n) is 8.01. The van der Waals surface area contributed by atoms with Crippen LogP contribution >= 0.6 is 0 Å². The van der Waals surface area contributed by atoms with Crippen LogP contribution in [0.1, 0.15) is 33.1 Å². The Hall–Kier alpha value is -1.79. The molecular formula is C21H34N4O2. The average Bonchev–Trinajstić information content (AvgIpc) is 3.21. The summed E-state index contributed by atoms with van der Waals surface area (Å²) >= 11 is 0. The molecule has 2 heterocycles. The minimum absolute atomic E-state index is 0.129. The van der Waals surface area contributed by atoms with Gasteiger partial charge in [-0.25, -0.2) is 4.79 Å². The molecule has 1 unspecified atom stereocenters. The normalized spacial score (nSPS) is 19.3. The Morgan fingerprint density at radius 3 is 2.59 bits per heavy atom. The molecule has 2 amide bonds. The van der Waals surface area contributed by atoms with E-state index in [0.29, 0.717) is 18.5 Å². The molecule has 0 aromatic heterocycles. The second kappa shape index (κ2) is 9.95. The summed E-state index contributed by atoms with van der Waals surface area (Å²) in [6, 6.07) is 8.38. The van der Waals surface area contributed by atoms with Gasteiger partial charge < -0.3 is 20.3 Å². The predicted octanol–water partition coefficient (Wildman–Crippen LogP) is 3.16. The van der Waals surface area contributed by atoms with Crippen LogP contribution in [0.15, 0.2) is 24.3 Å². The molecule has 6 heteroatoms. The Bertz CT molecular complexity index is 596. The van der Waals surface area contributed by atoms with Crippen molar-refractivity contribution in [1.29, 1.82) is 0 Å². The molecular weight excluding hydrogens is 340 g/mol. The van der Waals surface area contributed by atoms with Gasteiger partial charge in [0.05, 0.1) is 13.2 Å². The number of nitrogens with zero attached hydrogens (tertiary/aromatic N) is 2. The topological polar surface area (TPSA) is 56.8 Å². The zero-order chi connectivity index (χ0) is 19.1. The van der Waals surface area contributed by atoms with Gasteiger partial charge in [-0.1, -0.05) is 19.9 Å². The van der Waals surface area contributed by atoms with Gasteiger partial charge in [-0.2, -0.15) is 0 Å². The smallest absolute Gasteiger partial charge is 0.319 e. The summed E-state index contributed by atoms with van der Waals surface area (Å²) in [7, 11) is 0. The lowest BCUT2D eigenvalue weighted by Crippen LogP contribution is -2.49. The Morgan fingerprint density at radius 1 is 1.15 bits per heavy atom. The van der Waals surface area contributed by atoms with Gasteiger partial charge >= 0.3 is 6.03 Å². The molecule has 6 nitrogen and oxygen atoms in total. The monoisotopic (exact) mass is 374 g/mol. The number of amides is 2. The summed E-state index contributed by atoms with van der Waals surface area (Å²) in [5, 5.41) is 6.07. The van der Waals surface area contributed by atoms with Gasteiger partial charge in [0.1, 0.15) is 0 Å². The third kappa shape index (κ3) is 6.11. The van der Waals surface area contributed by atoms with Crippen molar-refractivity contribution in [3.63, 3.8) is 0 Å². The van der Waals surface area contributed by atoms with E-state index in [1.54, 1.807) is 0 Å². The molecule has 1 aromatic rings. The van der Waals surface area contributed by atoms with Crippen LogP contribution in [0.25, 0.3) is 0 Å². The molecule has 2 aliphatic rings. The van der Waals surface area contributed by atoms with Crippen LogP contribution in [0.5, 0.6) is 0 Å². The number of benzene rings is 1. The largest absolute Gasteiger partial charge is 0.379 e. The van der Waals surface area contributed by atoms with Crippen LogP contribution in [0.4, 0.5) is 16.2 Å². The van der Waals surface area contributed by atoms with Crippen LogP contribution in [-0.2, 0) is 4.74 Å². The molecule has 2 N–H and O–H groups in total. The number of ether oxygens (including phenoxy) is 1. The van der Waals surface area contributed by atoms with E-state index in [0.717, 1.165) is 51.5 Å². The number of hydrogen-bond acceptors (Lipinski definition) is 4. The van der Waals surface area contributed by atoms with E-state index in [1.165, 1.54) is 18.5 Å². The number of carbonyl (C=O) groups is 1. The Kier molecular flexibility index (Phi) is 7.35. The third-order valence-electron chi connectivity index (χ3n) is 5.38. The number of carbonyl (C=O) groups excluding carboxylic acids is 1. The summed E-state index contributed by atoms with van der Waals surface area (Å²) in [4.78, 5) is 17.3. The van der Waals surface area contributed by atoms with Crippen molar-refractivity contribution in [2.45, 2.75) is 39.2 Å². The quantitative estimate of drug-likeness (QED) is 0.770. The van der Waals surface area contributed by atoms with Crippen molar-refractivity contribution < 1.29 is 9.53 Å². The molecule has 0 spiro atoms. The van der Waals surface area contributed by atoms with E-state index in [4.69, 9.17) is 4.74 Å². The number of morpholine rings is 1. The lowest BCUT2D eigenvalue weighted by atomic mass is 10.0. The summed E-state index contributed by atoms with van der Waals surface area (Å²) in [6.07, 6.45) is 3.57. The lowest BCUT2D eigenvalue weighted by molar-refractivity contribution is 0.0130. The first-order valence-electron chi connectivity index (χ1n) is 10.3. The fourth-order valence-electron chi connectivity index (χ4n) is 3.99. The Balaban J connectivity index is 1.52. The first kappa shape index (κ1) is 20.0. The number of urea groups is 1. The maximum atomic E-state index is 12.4. The van der Waals surface area contributed by atoms with Gasteiger partial charge in [0.25, 0.3) is 0 Å². The first-order chi connectivity index (χ1) is 13.1. The zero-order valence-corrected chi connectivity index (χ0v) is 16.7. The molecule has 150 valence electrons. The second-order valence-corrected chi connectivity index (χ2v) is 8.01. The highest BCUT2D eigenvalue weighted by Crippen LogP contribution is 2.23. The third-order valence-corrected chi connectivity index (χ3v) is 5.38. The average molecular weight is 375 g/mol. The molecule has 27 heavy (non-hydrogen) atoms. The SMILES string of the molecule is CC(C)CC(CNC(=O)Nc1cccc(N2CCCC2)c1)N1CCOCC1. The van der Waals surface area contributed by atoms with Gasteiger partial charge in [0.2, 0.25) is 0 Å². The summed E-state index contributed by atoms with van der Waals surface area (Å²) in [5.74, 6) is 0.597. The summed E-state index contributed by atoms with van der Waals surface area (Å²) in [5.41, 5.74) is 2.04. The number of anilines is 2. The van der Waals surface area contributed by atoms with Crippen LogP contribution in [-0.4, -0.2) is 62.9 Å². The van der Waals surface area contributed by atoms with Gasteiger partial charge in [-0.3, -0.25) is 4.90 Å². The number of nitrogens with one attached hydrogen (secondary N) is 2. The van der Waals surface area contributed by atoms with Crippen LogP contribution in [0.2, 0.25) is 0 Å². The standard InChI is InChI=1S/C21H34N4O2/c1-17(2)14-20(25-10-12-27-13-11-25)16-22-21(26)23-18-6-5-7-19(15-18)24-8-3-4-9-24/h5-7,15,17,20H,3-4,8-14,16H2,1-2H3,(H2,22,23,26). The van der Waals surface area contributed by atoms with Crippen molar-refractivity contribution in [2.24, 2.45) is 5.92 Å². The zero-order valence-electron chi connectivity index (χ0n) is 16.7. The van der Waals surface area contributed by atoms with Crippen molar-refractivity contribution in [3.05, 3.63) is 24.3 Å². The maximum Gasteiger partial charge on any atom is 0.319 e. The molecule has 0 radical (unpaired) electrons. The number of hydrogen-bond donors (Lipinski definition) is 2. The predicted molar refractivity (Wildman–Crippen MR) is 111 cm³/mol. The highest BCUT2D eigenvalue weighted by molar-refractivity contribution is 5.89. The van der Waals surface area contributed by atoms with E-state index < -0.39 is 0 Å². The molecule has 2 aliphatic heterocycles. The molecule has 0 aliphatic carbocycles. The number of rotatable bonds is 7. The van der Waals surface area contributed by atoms with Gasteiger partial charge in [-0.15, -0.1) is 0 Å². The van der Waals surface area contributed by atoms with Crippen molar-refractivity contribution >= 4 is 17.4 Å². The van der Waals surface area contributed by atoms with Crippen molar-refractivity contribution in [3.8, 4) is 0 Å². The fourth-order valence-corrected chi connectivity index (χ4v) is 3.99. The molecule has 3 rings (SSSR count). The molecule has 2 saturated heterocycles. The van der Waals surface area contributed by atoms with Crippen LogP contribution in [0, 0.1) is 5.92 Å². The maximum absolute atomic E-state index is 12.4. The first-order valence-corrected chi connectivity index (χ1v) is 10.3. The van der Waals surface area contributed by atoms with Crippen molar-refractivity contribution in [2.75, 3.05) is 56.2 Å². The van der Waals surface area contributed by atoms with E-state index >= 15 is 0 Å². The van der Waals surface area contributed by atoms with Crippen molar-refractivity contribution in [1.82, 2.24) is 10.2 Å². The molecule has 2 fully saturated rings. The summed E-state index contributed by atoms with van der Waals surface area (Å²) < 4.78 is 5.47. The van der Waals surface area contributed by atoms with E-state index in [2.05, 4.69) is 46.4 Å². The highest BCUT2D eigenvalue weighted by Gasteiger charge is 2.22. The van der Waals surface area contributed by atoms with Gasteiger partial charge in [0.15, 0.2) is 0 Å². The lowest BCUT2D eigenvalue weighted by Gasteiger charge is -2.35. The van der Waals surface area contributed by atoms with E-state index in [-0.39, 0.29) is 6.03 Å². The minimum atomic E-state index is -0.129. The van der Waals surface area contributed by atoms with Gasteiger partial charge in [-0.05, 0) is 43.4 Å². The molecule has 0 saturated carbocycles. The van der Waals surface area contributed by atoms with Crippen LogP contribution < -0.4 is 15.5 Å². The van der Waals surface area contributed by atoms with Crippen LogP contribution in [0.3, 0.4) is 0 Å². The van der Waals surface area contributed by atoms with E-state index in [1.807, 2.05) is 12.1 Å². The summed E-state index contributed by atoms with van der Waals surface area (Å²) in [6.45, 7) is 10.8. The van der Waals surface area contributed by atoms with E-state index in [9.17, 15) is 4.79 Å².